The minimum absolute atomic E-state index is 0.171. The molecule has 0 aliphatic rings. The van der Waals surface area contributed by atoms with Gasteiger partial charge < -0.3 is 4.98 Å². The number of nitrogens with zero attached hydrogens (tertiary/aromatic N) is 3. The van der Waals surface area contributed by atoms with Crippen LogP contribution in [0.3, 0.4) is 0 Å². The molecular formula is C6H4BrIN4O. The Hall–Kier alpha value is -0.440. The number of hydrogen-bond donors (Lipinski definition) is 1. The molecule has 0 bridgehead atoms. The highest BCUT2D eigenvalue weighted by Crippen LogP contribution is 2.19. The Labute approximate surface area is 94.8 Å². The zero-order chi connectivity index (χ0) is 9.59. The maximum Gasteiger partial charge on any atom is 0.278 e. The molecule has 0 saturated carbocycles. The molecule has 0 amide bonds. The van der Waals surface area contributed by atoms with Crippen molar-refractivity contribution in [2.24, 2.45) is 0 Å². The standard InChI is InChI=1S/C6H4BrIN4O/c1-2-9-6(13)4-3(8)5(7)11-12(4)10-2/h1H3,(H,9,10,13). The van der Waals surface area contributed by atoms with Crippen molar-refractivity contribution in [2.75, 3.05) is 0 Å². The molecule has 5 nitrogen and oxygen atoms in total. The zero-order valence-electron chi connectivity index (χ0n) is 6.51. The van der Waals surface area contributed by atoms with E-state index in [2.05, 4.69) is 31.1 Å². The summed E-state index contributed by atoms with van der Waals surface area (Å²) in [5.74, 6) is 0.545. The number of aromatic amines is 1. The maximum absolute atomic E-state index is 11.5. The highest BCUT2D eigenvalue weighted by atomic mass is 127. The molecule has 0 aliphatic heterocycles. The maximum atomic E-state index is 11.5. The largest absolute Gasteiger partial charge is 0.307 e. The van der Waals surface area contributed by atoms with Crippen LogP contribution in [0.4, 0.5) is 0 Å². The predicted octanol–water partition coefficient (Wildman–Crippen LogP) is 1.09. The normalized spacial score (nSPS) is 11.0. The van der Waals surface area contributed by atoms with Gasteiger partial charge in [-0.1, -0.05) is 0 Å². The van der Waals surface area contributed by atoms with Crippen molar-refractivity contribution in [1.82, 2.24) is 19.8 Å². The van der Waals surface area contributed by atoms with Crippen molar-refractivity contribution in [3.63, 3.8) is 0 Å². The fourth-order valence-corrected chi connectivity index (χ4v) is 1.92. The van der Waals surface area contributed by atoms with Crippen LogP contribution in [0.1, 0.15) is 5.82 Å². The Kier molecular flexibility index (Phi) is 2.14. The third-order valence-corrected chi connectivity index (χ3v) is 3.84. The molecule has 0 spiro atoms. The second kappa shape index (κ2) is 3.05. The summed E-state index contributed by atoms with van der Waals surface area (Å²) in [6, 6.07) is 0. The van der Waals surface area contributed by atoms with Crippen molar-refractivity contribution in [1.29, 1.82) is 0 Å². The molecular weight excluding hydrogens is 351 g/mol. The number of hydrogen-bond acceptors (Lipinski definition) is 3. The number of H-pyrrole nitrogens is 1. The fraction of sp³-hybridized carbons (Fsp3) is 0.167. The molecule has 13 heavy (non-hydrogen) atoms. The van der Waals surface area contributed by atoms with Crippen molar-refractivity contribution in [3.05, 3.63) is 24.4 Å². The number of aryl methyl sites for hydroxylation is 1. The van der Waals surface area contributed by atoms with Gasteiger partial charge >= 0.3 is 0 Å². The van der Waals surface area contributed by atoms with E-state index in [1.807, 2.05) is 22.6 Å². The van der Waals surface area contributed by atoms with E-state index in [0.717, 1.165) is 3.57 Å². The number of nitrogens with one attached hydrogen (secondary N) is 1. The first-order valence-electron chi connectivity index (χ1n) is 3.40. The SMILES string of the molecule is Cc1nn2nc(Br)c(I)c2c(=O)[nH]1. The van der Waals surface area contributed by atoms with E-state index in [9.17, 15) is 4.79 Å². The Morgan fingerprint density at radius 1 is 1.54 bits per heavy atom. The molecule has 2 rings (SSSR count). The molecule has 0 aromatic carbocycles. The van der Waals surface area contributed by atoms with Crippen LogP contribution < -0.4 is 5.56 Å². The number of aromatic nitrogens is 4. The highest BCUT2D eigenvalue weighted by Gasteiger charge is 2.11. The lowest BCUT2D eigenvalue weighted by Crippen LogP contribution is -2.14. The molecule has 2 aromatic heterocycles. The van der Waals surface area contributed by atoms with Gasteiger partial charge in [-0.05, 0) is 45.4 Å². The van der Waals surface area contributed by atoms with E-state index < -0.39 is 0 Å². The van der Waals surface area contributed by atoms with Gasteiger partial charge in [0.25, 0.3) is 5.56 Å². The van der Waals surface area contributed by atoms with Gasteiger partial charge in [0.15, 0.2) is 5.52 Å². The number of fused-ring (bicyclic) bond motifs is 1. The second-order valence-electron chi connectivity index (χ2n) is 2.48. The summed E-state index contributed by atoms with van der Waals surface area (Å²) in [6.45, 7) is 1.71. The van der Waals surface area contributed by atoms with Gasteiger partial charge in [-0.25, -0.2) is 0 Å². The summed E-state index contributed by atoms with van der Waals surface area (Å²) >= 11 is 5.28. The van der Waals surface area contributed by atoms with Crippen molar-refractivity contribution in [3.8, 4) is 0 Å². The Morgan fingerprint density at radius 2 is 2.23 bits per heavy atom. The van der Waals surface area contributed by atoms with Gasteiger partial charge in [0, 0.05) is 0 Å². The first-order chi connectivity index (χ1) is 6.09. The smallest absolute Gasteiger partial charge is 0.278 e. The van der Waals surface area contributed by atoms with Gasteiger partial charge in [-0.15, -0.1) is 14.8 Å². The van der Waals surface area contributed by atoms with Crippen LogP contribution in [0.2, 0.25) is 0 Å². The van der Waals surface area contributed by atoms with E-state index >= 15 is 0 Å². The van der Waals surface area contributed by atoms with Gasteiger partial charge in [0.1, 0.15) is 10.4 Å². The Morgan fingerprint density at radius 3 is 2.92 bits per heavy atom. The molecule has 68 valence electrons. The third kappa shape index (κ3) is 1.39. The third-order valence-electron chi connectivity index (χ3n) is 1.53. The summed E-state index contributed by atoms with van der Waals surface area (Å²) in [7, 11) is 0. The fourth-order valence-electron chi connectivity index (χ4n) is 1.02. The lowest BCUT2D eigenvalue weighted by molar-refractivity contribution is 0.742. The average molecular weight is 355 g/mol. The molecule has 0 aliphatic carbocycles. The van der Waals surface area contributed by atoms with Crippen molar-refractivity contribution >= 4 is 44.0 Å². The van der Waals surface area contributed by atoms with E-state index in [4.69, 9.17) is 0 Å². The summed E-state index contributed by atoms with van der Waals surface area (Å²) in [4.78, 5) is 14.1. The minimum atomic E-state index is -0.171. The van der Waals surface area contributed by atoms with Gasteiger partial charge in [-0.3, -0.25) is 4.79 Å². The molecule has 0 unspecified atom stereocenters. The second-order valence-corrected chi connectivity index (χ2v) is 4.31. The van der Waals surface area contributed by atoms with Crippen LogP contribution in [0.5, 0.6) is 0 Å². The molecule has 1 N–H and O–H groups in total. The first-order valence-corrected chi connectivity index (χ1v) is 5.27. The minimum Gasteiger partial charge on any atom is -0.307 e. The monoisotopic (exact) mass is 354 g/mol. The summed E-state index contributed by atoms with van der Waals surface area (Å²) in [5.41, 5.74) is 0.299. The molecule has 2 aromatic rings. The average Bonchev–Trinajstić information content (AvgIpc) is 2.27. The Balaban J connectivity index is 3.03. The van der Waals surface area contributed by atoms with Crippen molar-refractivity contribution in [2.45, 2.75) is 6.92 Å². The summed E-state index contributed by atoms with van der Waals surface area (Å²) in [6.07, 6.45) is 0. The van der Waals surface area contributed by atoms with Crippen LogP contribution in [0.25, 0.3) is 5.52 Å². The number of rotatable bonds is 0. The lowest BCUT2D eigenvalue weighted by Gasteiger charge is -1.92. The van der Waals surface area contributed by atoms with Crippen LogP contribution in [-0.4, -0.2) is 19.8 Å². The predicted molar refractivity (Wildman–Crippen MR) is 58.8 cm³/mol. The van der Waals surface area contributed by atoms with Crippen LogP contribution >= 0.6 is 38.5 Å². The van der Waals surface area contributed by atoms with Gasteiger partial charge in [0.05, 0.1) is 3.57 Å². The van der Waals surface area contributed by atoms with E-state index in [1.165, 1.54) is 4.63 Å². The molecule has 0 saturated heterocycles. The van der Waals surface area contributed by atoms with E-state index in [0.29, 0.717) is 15.9 Å². The lowest BCUT2D eigenvalue weighted by atomic mass is 10.5. The van der Waals surface area contributed by atoms with Gasteiger partial charge in [0.2, 0.25) is 0 Å². The van der Waals surface area contributed by atoms with Gasteiger partial charge in [-0.2, -0.15) is 0 Å². The van der Waals surface area contributed by atoms with Crippen LogP contribution in [0.15, 0.2) is 9.40 Å². The molecule has 0 radical (unpaired) electrons. The van der Waals surface area contributed by atoms with E-state index in [1.54, 1.807) is 6.92 Å². The van der Waals surface area contributed by atoms with Crippen molar-refractivity contribution < 1.29 is 0 Å². The zero-order valence-corrected chi connectivity index (χ0v) is 10.2. The van der Waals surface area contributed by atoms with E-state index in [-0.39, 0.29) is 5.56 Å². The van der Waals surface area contributed by atoms with Crippen LogP contribution in [0, 0.1) is 10.5 Å². The number of halogens is 2. The molecule has 7 heteroatoms. The highest BCUT2D eigenvalue weighted by molar-refractivity contribution is 14.1. The summed E-state index contributed by atoms with van der Waals surface area (Å²) < 4.78 is 2.74. The molecule has 0 atom stereocenters. The Bertz CT molecular complexity index is 531. The first kappa shape index (κ1) is 9.13. The summed E-state index contributed by atoms with van der Waals surface area (Å²) in [5, 5.41) is 8.06. The topological polar surface area (TPSA) is 63.1 Å². The quantitative estimate of drug-likeness (QED) is 0.720. The molecule has 2 heterocycles. The molecule has 0 fully saturated rings. The van der Waals surface area contributed by atoms with Crippen LogP contribution in [-0.2, 0) is 0 Å².